The van der Waals surface area contributed by atoms with Crippen LogP contribution in [0.2, 0.25) is 0 Å². The number of hydrogen-bond acceptors (Lipinski definition) is 4. The predicted molar refractivity (Wildman–Crippen MR) is 128 cm³/mol. The Hall–Kier alpha value is -3.02. The zero-order valence-corrected chi connectivity index (χ0v) is 19.6. The number of likely N-dealkylation sites (tertiary alicyclic amines) is 1. The highest BCUT2D eigenvalue weighted by Crippen LogP contribution is 2.40. The third-order valence-electron chi connectivity index (χ3n) is 7.30. The molecule has 1 heterocycles. The molecule has 1 aliphatic heterocycles. The fourth-order valence-corrected chi connectivity index (χ4v) is 5.27. The number of ether oxygens (including phenoxy) is 2. The number of hydrogen-bond donors (Lipinski definition) is 1. The van der Waals surface area contributed by atoms with Crippen LogP contribution in [0.5, 0.6) is 11.5 Å². The predicted octanol–water partition coefficient (Wildman–Crippen LogP) is 4.18. The molecule has 0 atom stereocenters. The Balaban J connectivity index is 1.33. The SMILES string of the molecule is COc1cc(OC)cc(C(=O)N2CCC(C(=O)NCC3(c4ccccc4)CCCC3)CC2)c1. The number of rotatable bonds is 7. The van der Waals surface area contributed by atoms with Crippen LogP contribution >= 0.6 is 0 Å². The van der Waals surface area contributed by atoms with Crippen molar-refractivity contribution < 1.29 is 19.1 Å². The molecule has 2 aliphatic rings. The van der Waals surface area contributed by atoms with Crippen molar-refractivity contribution >= 4 is 11.8 Å². The first-order chi connectivity index (χ1) is 16.0. The summed E-state index contributed by atoms with van der Waals surface area (Å²) in [4.78, 5) is 27.8. The highest BCUT2D eigenvalue weighted by molar-refractivity contribution is 5.95. The maximum absolute atomic E-state index is 13.0. The highest BCUT2D eigenvalue weighted by atomic mass is 16.5. The quantitative estimate of drug-likeness (QED) is 0.687. The van der Waals surface area contributed by atoms with Crippen molar-refractivity contribution in [3.63, 3.8) is 0 Å². The van der Waals surface area contributed by atoms with E-state index < -0.39 is 0 Å². The van der Waals surface area contributed by atoms with E-state index in [1.807, 2.05) is 11.0 Å². The highest BCUT2D eigenvalue weighted by Gasteiger charge is 2.37. The Bertz CT molecular complexity index is 939. The number of nitrogens with one attached hydrogen (secondary N) is 1. The largest absolute Gasteiger partial charge is 0.497 e. The van der Waals surface area contributed by atoms with Crippen LogP contribution in [-0.2, 0) is 10.2 Å². The number of amides is 2. The molecule has 1 saturated carbocycles. The summed E-state index contributed by atoms with van der Waals surface area (Å²) in [5.41, 5.74) is 1.93. The molecule has 2 fully saturated rings. The molecule has 6 heteroatoms. The molecule has 1 N–H and O–H groups in total. The van der Waals surface area contributed by atoms with Crippen molar-refractivity contribution in [2.75, 3.05) is 33.9 Å². The lowest BCUT2D eigenvalue weighted by Gasteiger charge is -2.34. The summed E-state index contributed by atoms with van der Waals surface area (Å²) < 4.78 is 10.6. The van der Waals surface area contributed by atoms with Crippen LogP contribution in [0.3, 0.4) is 0 Å². The Kier molecular flexibility index (Phi) is 7.21. The lowest BCUT2D eigenvalue weighted by Crippen LogP contribution is -2.46. The average Bonchev–Trinajstić information content (AvgIpc) is 3.37. The molecule has 1 aliphatic carbocycles. The minimum absolute atomic E-state index is 0.0527. The number of carbonyl (C=O) groups excluding carboxylic acids is 2. The molecule has 2 aromatic rings. The Morgan fingerprint density at radius 3 is 2.15 bits per heavy atom. The summed E-state index contributed by atoms with van der Waals surface area (Å²) in [5.74, 6) is 1.19. The second kappa shape index (κ2) is 10.3. The lowest BCUT2D eigenvalue weighted by molar-refractivity contribution is -0.126. The molecule has 4 rings (SSSR count). The standard InChI is InChI=1S/C27H34N2O4/c1-32-23-16-21(17-24(18-23)33-2)26(31)29-14-10-20(11-15-29)25(30)28-19-27(12-6-7-13-27)22-8-4-3-5-9-22/h3-5,8-9,16-18,20H,6-7,10-15,19H2,1-2H3,(H,28,30). The Morgan fingerprint density at radius 2 is 1.58 bits per heavy atom. The van der Waals surface area contributed by atoms with Gasteiger partial charge in [0, 0.05) is 42.6 Å². The maximum Gasteiger partial charge on any atom is 0.254 e. The minimum atomic E-state index is -0.0555. The van der Waals surface area contributed by atoms with Gasteiger partial charge < -0.3 is 19.7 Å². The van der Waals surface area contributed by atoms with E-state index in [-0.39, 0.29) is 23.1 Å². The van der Waals surface area contributed by atoms with Crippen molar-refractivity contribution in [3.8, 4) is 11.5 Å². The molecule has 1 saturated heterocycles. The van der Waals surface area contributed by atoms with Gasteiger partial charge >= 0.3 is 0 Å². The molecule has 33 heavy (non-hydrogen) atoms. The number of nitrogens with zero attached hydrogens (tertiary/aromatic N) is 1. The van der Waals surface area contributed by atoms with Crippen molar-refractivity contribution in [1.82, 2.24) is 10.2 Å². The van der Waals surface area contributed by atoms with Gasteiger partial charge in [-0.3, -0.25) is 9.59 Å². The van der Waals surface area contributed by atoms with Crippen LogP contribution in [0.15, 0.2) is 48.5 Å². The van der Waals surface area contributed by atoms with E-state index in [1.165, 1.54) is 18.4 Å². The first-order valence-corrected chi connectivity index (χ1v) is 11.9. The van der Waals surface area contributed by atoms with Gasteiger partial charge in [0.1, 0.15) is 11.5 Å². The maximum atomic E-state index is 13.0. The van der Waals surface area contributed by atoms with Crippen molar-refractivity contribution in [2.24, 2.45) is 5.92 Å². The summed E-state index contributed by atoms with van der Waals surface area (Å²) in [5, 5.41) is 3.26. The number of carbonyl (C=O) groups is 2. The first kappa shape index (κ1) is 23.1. The molecule has 6 nitrogen and oxygen atoms in total. The molecule has 0 spiro atoms. The molecule has 2 aromatic carbocycles. The summed E-state index contributed by atoms with van der Waals surface area (Å²) >= 11 is 0. The monoisotopic (exact) mass is 450 g/mol. The van der Waals surface area contributed by atoms with Crippen LogP contribution in [0.1, 0.15) is 54.4 Å². The van der Waals surface area contributed by atoms with E-state index >= 15 is 0 Å². The molecule has 0 radical (unpaired) electrons. The van der Waals surface area contributed by atoms with Gasteiger partial charge in [-0.15, -0.1) is 0 Å². The van der Waals surface area contributed by atoms with E-state index in [0.717, 1.165) is 12.8 Å². The van der Waals surface area contributed by atoms with Crippen LogP contribution in [0.4, 0.5) is 0 Å². The molecular formula is C27H34N2O4. The van der Waals surface area contributed by atoms with Crippen LogP contribution < -0.4 is 14.8 Å². The van der Waals surface area contributed by atoms with Crippen molar-refractivity contribution in [1.29, 1.82) is 0 Å². The summed E-state index contributed by atoms with van der Waals surface area (Å²) in [6, 6.07) is 15.8. The molecule has 0 bridgehead atoms. The summed E-state index contributed by atoms with van der Waals surface area (Å²) in [6.45, 7) is 1.83. The van der Waals surface area contributed by atoms with Gasteiger partial charge in [0.2, 0.25) is 5.91 Å². The second-order valence-electron chi connectivity index (χ2n) is 9.24. The summed E-state index contributed by atoms with van der Waals surface area (Å²) in [7, 11) is 3.14. The van der Waals surface area contributed by atoms with Gasteiger partial charge in [-0.1, -0.05) is 43.2 Å². The van der Waals surface area contributed by atoms with E-state index in [1.54, 1.807) is 32.4 Å². The van der Waals surface area contributed by atoms with Gasteiger partial charge in [0.25, 0.3) is 5.91 Å². The van der Waals surface area contributed by atoms with E-state index in [2.05, 4.69) is 29.6 Å². The molecular weight excluding hydrogens is 416 g/mol. The second-order valence-corrected chi connectivity index (χ2v) is 9.24. The van der Waals surface area contributed by atoms with E-state index in [0.29, 0.717) is 49.5 Å². The van der Waals surface area contributed by atoms with Gasteiger partial charge in [0.05, 0.1) is 14.2 Å². The smallest absolute Gasteiger partial charge is 0.254 e. The average molecular weight is 451 g/mol. The molecule has 0 unspecified atom stereocenters. The third kappa shape index (κ3) is 5.15. The molecule has 0 aromatic heterocycles. The minimum Gasteiger partial charge on any atom is -0.497 e. The first-order valence-electron chi connectivity index (χ1n) is 11.9. The van der Waals surface area contributed by atoms with Gasteiger partial charge in [0.15, 0.2) is 0 Å². The van der Waals surface area contributed by atoms with Crippen molar-refractivity contribution in [3.05, 3.63) is 59.7 Å². The van der Waals surface area contributed by atoms with E-state index in [4.69, 9.17) is 9.47 Å². The van der Waals surface area contributed by atoms with Gasteiger partial charge in [-0.05, 0) is 43.4 Å². The van der Waals surface area contributed by atoms with Crippen molar-refractivity contribution in [2.45, 2.75) is 43.9 Å². The fourth-order valence-electron chi connectivity index (χ4n) is 5.27. The van der Waals surface area contributed by atoms with Crippen LogP contribution in [-0.4, -0.2) is 50.6 Å². The normalized spacial score (nSPS) is 18.1. The number of benzene rings is 2. The van der Waals surface area contributed by atoms with E-state index in [9.17, 15) is 9.59 Å². The number of piperidine rings is 1. The Morgan fingerprint density at radius 1 is 0.970 bits per heavy atom. The van der Waals surface area contributed by atoms with Gasteiger partial charge in [-0.2, -0.15) is 0 Å². The molecule has 2 amide bonds. The topological polar surface area (TPSA) is 67.9 Å². The number of methoxy groups -OCH3 is 2. The third-order valence-corrected chi connectivity index (χ3v) is 7.30. The fraction of sp³-hybridized carbons (Fsp3) is 0.481. The zero-order valence-electron chi connectivity index (χ0n) is 19.6. The zero-order chi connectivity index (χ0) is 23.3. The van der Waals surface area contributed by atoms with Crippen LogP contribution in [0, 0.1) is 5.92 Å². The van der Waals surface area contributed by atoms with Gasteiger partial charge in [-0.25, -0.2) is 0 Å². The Labute approximate surface area is 196 Å². The lowest BCUT2D eigenvalue weighted by atomic mass is 9.78. The van der Waals surface area contributed by atoms with Crippen LogP contribution in [0.25, 0.3) is 0 Å². The molecule has 176 valence electrons. The summed E-state index contributed by atoms with van der Waals surface area (Å²) in [6.07, 6.45) is 6.01.